The molecule has 0 saturated carbocycles. The van der Waals surface area contributed by atoms with Crippen LogP contribution in [0.25, 0.3) is 10.4 Å². The van der Waals surface area contributed by atoms with Crippen molar-refractivity contribution >= 4 is 51.9 Å². The van der Waals surface area contributed by atoms with Crippen LogP contribution in [-0.2, 0) is 11.2 Å². The lowest BCUT2D eigenvalue weighted by Gasteiger charge is -2.53. The third-order valence-electron chi connectivity index (χ3n) is 11.2. The Bertz CT molecular complexity index is 2340. The molecule has 3 saturated heterocycles. The van der Waals surface area contributed by atoms with E-state index >= 15 is 0 Å². The Morgan fingerprint density at radius 3 is 2.51 bits per heavy atom. The van der Waals surface area contributed by atoms with E-state index in [4.69, 9.17) is 4.74 Å². The number of carbonyl (C=O) groups excluding carboxylic acids is 3. The van der Waals surface area contributed by atoms with Crippen LogP contribution >= 0.6 is 11.3 Å². The highest BCUT2D eigenvalue weighted by Crippen LogP contribution is 2.44. The van der Waals surface area contributed by atoms with Crippen LogP contribution in [0.5, 0.6) is 0 Å². The number of hydrogen-bond donors (Lipinski definition) is 3. The lowest BCUT2D eigenvalue weighted by atomic mass is 9.73. The van der Waals surface area contributed by atoms with Crippen molar-refractivity contribution in [3.63, 3.8) is 0 Å². The highest BCUT2D eigenvalue weighted by atomic mass is 32.1. The van der Waals surface area contributed by atoms with Crippen molar-refractivity contribution in [3.05, 3.63) is 123 Å². The summed E-state index contributed by atoms with van der Waals surface area (Å²) in [4.78, 5) is 51.2. The fourth-order valence-corrected chi connectivity index (χ4v) is 9.25. The zero-order valence-electron chi connectivity index (χ0n) is 30.7. The number of amides is 3. The lowest BCUT2D eigenvalue weighted by Crippen LogP contribution is -2.59. The van der Waals surface area contributed by atoms with Crippen LogP contribution < -0.4 is 25.8 Å². The van der Waals surface area contributed by atoms with E-state index in [2.05, 4.69) is 25.8 Å². The zero-order chi connectivity index (χ0) is 37.8. The monoisotopic (exact) mass is 756 g/mol. The molecule has 5 aromatic rings. The number of para-hydroxylation sites is 1. The first-order chi connectivity index (χ1) is 26.6. The fourth-order valence-electron chi connectivity index (χ4n) is 8.11. The largest absolute Gasteiger partial charge is 0.381 e. The summed E-state index contributed by atoms with van der Waals surface area (Å²) in [5, 5.41) is 9.46. The molecule has 12 heteroatoms. The standard InChI is InChI=1S/C43H41FN6O4S/c1-25-18-33(39(46-21-25)49-23-43(24-49)13-16-54-17-14-43)40(51)47-30-9-6-27(7-10-30)42(53)50-15-12-28-19-36(55-38(28)32-11-8-29(44)20-35(32)50)41(52)48-37-26(2)4-3-5-31(37)34-22-45-34/h3-11,18-21,34,45H,12-17,22-24H2,1-2H3,(H,47,51)(H,48,52). The molecule has 9 rings (SSSR count). The number of hydrogen-bond acceptors (Lipinski definition) is 8. The van der Waals surface area contributed by atoms with Crippen LogP contribution in [0.15, 0.2) is 79.0 Å². The second-order valence-electron chi connectivity index (χ2n) is 15.2. The van der Waals surface area contributed by atoms with E-state index in [1.165, 1.54) is 23.5 Å². The number of carbonyl (C=O) groups is 3. The molecular formula is C43H41FN6O4S. The molecule has 1 spiro atoms. The van der Waals surface area contributed by atoms with Gasteiger partial charge in [0.1, 0.15) is 11.6 Å². The van der Waals surface area contributed by atoms with Crippen molar-refractivity contribution < 1.29 is 23.5 Å². The smallest absolute Gasteiger partial charge is 0.265 e. The molecule has 3 fully saturated rings. The number of halogens is 1. The highest BCUT2D eigenvalue weighted by molar-refractivity contribution is 7.17. The average Bonchev–Trinajstić information content (AvgIpc) is 3.96. The van der Waals surface area contributed by atoms with Gasteiger partial charge in [-0.25, -0.2) is 9.37 Å². The van der Waals surface area contributed by atoms with Gasteiger partial charge >= 0.3 is 0 Å². The number of pyridine rings is 1. The summed E-state index contributed by atoms with van der Waals surface area (Å²) in [5.41, 5.74) is 7.52. The molecular weight excluding hydrogens is 716 g/mol. The zero-order valence-corrected chi connectivity index (χ0v) is 31.5. The van der Waals surface area contributed by atoms with Gasteiger partial charge < -0.3 is 30.5 Å². The average molecular weight is 757 g/mol. The SMILES string of the molecule is Cc1cnc(N2CC3(CCOCC3)C2)c(C(=O)Nc2ccc(C(=O)N3CCc4cc(C(=O)Nc5c(C)cccc5C5CN5)sc4-c4ccc(F)cc43)cc2)c1. The molecule has 1 unspecified atom stereocenters. The summed E-state index contributed by atoms with van der Waals surface area (Å²) < 4.78 is 20.4. The molecule has 4 aliphatic heterocycles. The molecule has 10 nitrogen and oxygen atoms in total. The van der Waals surface area contributed by atoms with E-state index in [9.17, 15) is 18.8 Å². The molecule has 2 aromatic heterocycles. The number of anilines is 4. The van der Waals surface area contributed by atoms with Crippen molar-refractivity contribution in [1.82, 2.24) is 10.3 Å². The molecule has 0 radical (unpaired) electrons. The molecule has 1 atom stereocenters. The molecule has 6 heterocycles. The number of aryl methyl sites for hydroxylation is 2. The van der Waals surface area contributed by atoms with Crippen LogP contribution in [-0.4, -0.2) is 62.1 Å². The predicted molar refractivity (Wildman–Crippen MR) is 213 cm³/mol. The first-order valence-corrected chi connectivity index (χ1v) is 19.6. The van der Waals surface area contributed by atoms with Gasteiger partial charge in [-0.2, -0.15) is 0 Å². The third-order valence-corrected chi connectivity index (χ3v) is 12.5. The number of benzene rings is 3. The normalized spacial score (nSPS) is 18.1. The first kappa shape index (κ1) is 35.3. The molecule has 0 bridgehead atoms. The van der Waals surface area contributed by atoms with Crippen molar-refractivity contribution in [1.29, 1.82) is 0 Å². The quantitative estimate of drug-likeness (QED) is 0.147. The minimum absolute atomic E-state index is 0.197. The molecule has 280 valence electrons. The minimum atomic E-state index is -0.459. The van der Waals surface area contributed by atoms with Crippen LogP contribution in [0.4, 0.5) is 27.3 Å². The van der Waals surface area contributed by atoms with Gasteiger partial charge in [0, 0.05) is 84.4 Å². The van der Waals surface area contributed by atoms with Crippen LogP contribution in [0.2, 0.25) is 0 Å². The maximum atomic E-state index is 14.8. The lowest BCUT2D eigenvalue weighted by molar-refractivity contribution is -0.000511. The van der Waals surface area contributed by atoms with Gasteiger partial charge in [0.25, 0.3) is 17.7 Å². The van der Waals surface area contributed by atoms with E-state index in [0.29, 0.717) is 51.7 Å². The number of ether oxygens (including phenoxy) is 1. The highest BCUT2D eigenvalue weighted by Gasteiger charge is 2.45. The van der Waals surface area contributed by atoms with Crippen molar-refractivity contribution in [2.45, 2.75) is 39.2 Å². The second kappa shape index (κ2) is 14.0. The Hall–Kier alpha value is -5.43. The molecule has 55 heavy (non-hydrogen) atoms. The summed E-state index contributed by atoms with van der Waals surface area (Å²) in [6.07, 6.45) is 4.30. The van der Waals surface area contributed by atoms with Gasteiger partial charge in [0.2, 0.25) is 0 Å². The minimum Gasteiger partial charge on any atom is -0.381 e. The molecule has 0 aliphatic carbocycles. The Labute approximate surface area is 322 Å². The van der Waals surface area contributed by atoms with Gasteiger partial charge in [-0.1, -0.05) is 18.2 Å². The second-order valence-corrected chi connectivity index (χ2v) is 16.2. The topological polar surface area (TPSA) is 126 Å². The summed E-state index contributed by atoms with van der Waals surface area (Å²) in [6, 6.07) is 21.2. The van der Waals surface area contributed by atoms with Gasteiger partial charge in [-0.05, 0) is 110 Å². The van der Waals surface area contributed by atoms with Gasteiger partial charge in [-0.3, -0.25) is 14.4 Å². The number of nitrogens with zero attached hydrogens (tertiary/aromatic N) is 3. The number of thiophene rings is 1. The Kier molecular flexibility index (Phi) is 8.99. The predicted octanol–water partition coefficient (Wildman–Crippen LogP) is 7.53. The molecule has 3 aromatic carbocycles. The van der Waals surface area contributed by atoms with Gasteiger partial charge in [0.05, 0.1) is 16.1 Å². The van der Waals surface area contributed by atoms with Gasteiger partial charge in [-0.15, -0.1) is 11.3 Å². The molecule has 3 amide bonds. The number of nitrogens with one attached hydrogen (secondary N) is 3. The van der Waals surface area contributed by atoms with E-state index < -0.39 is 5.82 Å². The molecule has 3 N–H and O–H groups in total. The summed E-state index contributed by atoms with van der Waals surface area (Å²) in [7, 11) is 0. The number of rotatable bonds is 7. The van der Waals surface area contributed by atoms with Crippen LogP contribution in [0.3, 0.4) is 0 Å². The Balaban J connectivity index is 0.917. The van der Waals surface area contributed by atoms with Crippen molar-refractivity contribution in [2.75, 3.05) is 59.8 Å². The van der Waals surface area contributed by atoms with Gasteiger partial charge in [0.15, 0.2) is 0 Å². The summed E-state index contributed by atoms with van der Waals surface area (Å²) in [6.45, 7) is 8.32. The fraction of sp³-hybridized carbons (Fsp3) is 0.302. The Morgan fingerprint density at radius 2 is 1.75 bits per heavy atom. The maximum absolute atomic E-state index is 14.8. The van der Waals surface area contributed by atoms with E-state index in [0.717, 1.165) is 78.5 Å². The van der Waals surface area contributed by atoms with Crippen LogP contribution in [0.1, 0.15) is 71.5 Å². The van der Waals surface area contributed by atoms with E-state index in [1.807, 2.05) is 44.2 Å². The van der Waals surface area contributed by atoms with Crippen molar-refractivity contribution in [3.8, 4) is 10.4 Å². The first-order valence-electron chi connectivity index (χ1n) is 18.7. The summed E-state index contributed by atoms with van der Waals surface area (Å²) >= 11 is 1.35. The van der Waals surface area contributed by atoms with E-state index in [1.54, 1.807) is 41.4 Å². The number of aromatic nitrogens is 1. The summed E-state index contributed by atoms with van der Waals surface area (Å²) in [5.74, 6) is -0.541. The maximum Gasteiger partial charge on any atom is 0.265 e. The van der Waals surface area contributed by atoms with Crippen LogP contribution in [0, 0.1) is 25.1 Å². The van der Waals surface area contributed by atoms with Crippen molar-refractivity contribution in [2.24, 2.45) is 5.41 Å². The number of fused-ring (bicyclic) bond motifs is 3. The van der Waals surface area contributed by atoms with E-state index in [-0.39, 0.29) is 29.2 Å². The third kappa shape index (κ3) is 6.79. The Morgan fingerprint density at radius 1 is 0.964 bits per heavy atom. The molecule has 4 aliphatic rings.